The molecule has 0 atom stereocenters. The number of fused-ring (bicyclic) bond motifs is 1. The molecule has 0 radical (unpaired) electrons. The van der Waals surface area contributed by atoms with E-state index >= 15 is 0 Å². The Bertz CT molecular complexity index is 462. The summed E-state index contributed by atoms with van der Waals surface area (Å²) in [5.41, 5.74) is 1.14. The number of carbonyl (C=O) groups is 2. The predicted molar refractivity (Wildman–Crippen MR) is 51.4 cm³/mol. The molecule has 0 spiro atoms. The van der Waals surface area contributed by atoms with Crippen LogP contribution in [0.15, 0.2) is 18.2 Å². The van der Waals surface area contributed by atoms with E-state index in [4.69, 9.17) is 5.26 Å². The van der Waals surface area contributed by atoms with Crippen LogP contribution in [0.2, 0.25) is 0 Å². The van der Waals surface area contributed by atoms with E-state index in [0.29, 0.717) is 11.3 Å². The zero-order valence-corrected chi connectivity index (χ0v) is 7.72. The van der Waals surface area contributed by atoms with Crippen molar-refractivity contribution in [3.8, 4) is 6.07 Å². The van der Waals surface area contributed by atoms with Crippen LogP contribution in [0.5, 0.6) is 0 Å². The first-order valence-electron chi connectivity index (χ1n) is 3.62. The standard InChI is InChI=1S/C9H4N2O2.ClH/c10-4-5-1-2-7-6(3-5)8(12)9(13)11-7;/h1-3H,(H,11,12,13);1H. The monoisotopic (exact) mass is 208 g/mol. The molecule has 0 bridgehead atoms. The minimum atomic E-state index is -0.634. The third kappa shape index (κ3) is 1.34. The maximum Gasteiger partial charge on any atom is 0.296 e. The van der Waals surface area contributed by atoms with Gasteiger partial charge in [0.05, 0.1) is 22.9 Å². The molecule has 0 saturated carbocycles. The molecule has 1 amide bonds. The molecular weight excluding hydrogens is 204 g/mol. The van der Waals surface area contributed by atoms with Crippen molar-refractivity contribution in [1.82, 2.24) is 0 Å². The lowest BCUT2D eigenvalue weighted by Crippen LogP contribution is -2.12. The van der Waals surface area contributed by atoms with Crippen molar-refractivity contribution in [2.24, 2.45) is 0 Å². The van der Waals surface area contributed by atoms with Crippen LogP contribution in [0.4, 0.5) is 5.69 Å². The van der Waals surface area contributed by atoms with Gasteiger partial charge < -0.3 is 5.32 Å². The molecule has 1 aromatic rings. The number of rotatable bonds is 0. The number of carbonyl (C=O) groups excluding carboxylic acids is 2. The number of hydrogen-bond acceptors (Lipinski definition) is 3. The maximum atomic E-state index is 11.1. The van der Waals surface area contributed by atoms with Crippen molar-refractivity contribution in [2.45, 2.75) is 0 Å². The second-order valence-electron chi connectivity index (χ2n) is 2.66. The first-order valence-corrected chi connectivity index (χ1v) is 3.62. The van der Waals surface area contributed by atoms with Gasteiger partial charge in [0.25, 0.3) is 11.7 Å². The number of amides is 1. The summed E-state index contributed by atoms with van der Waals surface area (Å²) in [4.78, 5) is 22.0. The minimum Gasteiger partial charge on any atom is -0.318 e. The Morgan fingerprint density at radius 3 is 2.64 bits per heavy atom. The van der Waals surface area contributed by atoms with E-state index in [9.17, 15) is 9.59 Å². The molecule has 0 unspecified atom stereocenters. The summed E-state index contributed by atoms with van der Waals surface area (Å²) in [6.07, 6.45) is 0. The number of benzene rings is 1. The molecule has 0 aliphatic carbocycles. The smallest absolute Gasteiger partial charge is 0.296 e. The molecule has 1 aliphatic heterocycles. The summed E-state index contributed by atoms with van der Waals surface area (Å²) in [5, 5.41) is 11.0. The lowest BCUT2D eigenvalue weighted by atomic mass is 10.1. The summed E-state index contributed by atoms with van der Waals surface area (Å²) in [6.45, 7) is 0. The predicted octanol–water partition coefficient (Wildman–Crippen LogP) is 1.11. The Balaban J connectivity index is 0.000000980. The quantitative estimate of drug-likeness (QED) is 0.650. The van der Waals surface area contributed by atoms with Gasteiger partial charge in [-0.15, -0.1) is 12.4 Å². The van der Waals surface area contributed by atoms with Gasteiger partial charge in [0.1, 0.15) is 0 Å². The van der Waals surface area contributed by atoms with Crippen molar-refractivity contribution >= 4 is 29.8 Å². The number of halogens is 1. The Morgan fingerprint density at radius 1 is 1.29 bits per heavy atom. The van der Waals surface area contributed by atoms with Crippen LogP contribution in [0, 0.1) is 11.3 Å². The van der Waals surface area contributed by atoms with Crippen LogP contribution in [0.1, 0.15) is 15.9 Å². The van der Waals surface area contributed by atoms with Gasteiger partial charge >= 0.3 is 0 Å². The summed E-state index contributed by atoms with van der Waals surface area (Å²) < 4.78 is 0. The molecule has 2 rings (SSSR count). The van der Waals surface area contributed by atoms with Gasteiger partial charge in [-0.05, 0) is 18.2 Å². The van der Waals surface area contributed by atoms with Gasteiger partial charge in [-0.25, -0.2) is 0 Å². The number of nitrogens with zero attached hydrogens (tertiary/aromatic N) is 1. The lowest BCUT2D eigenvalue weighted by molar-refractivity contribution is -0.112. The summed E-state index contributed by atoms with van der Waals surface area (Å²) in [5.74, 6) is -1.21. The number of anilines is 1. The fourth-order valence-corrected chi connectivity index (χ4v) is 1.21. The first kappa shape index (κ1) is 10.2. The lowest BCUT2D eigenvalue weighted by Gasteiger charge is -1.94. The molecular formula is C9H5ClN2O2. The molecule has 4 nitrogen and oxygen atoms in total. The van der Waals surface area contributed by atoms with Gasteiger partial charge in [-0.1, -0.05) is 0 Å². The first-order chi connectivity index (χ1) is 6.22. The van der Waals surface area contributed by atoms with Crippen molar-refractivity contribution in [2.75, 3.05) is 5.32 Å². The topological polar surface area (TPSA) is 70.0 Å². The van der Waals surface area contributed by atoms with E-state index in [1.807, 2.05) is 6.07 Å². The molecule has 1 heterocycles. The highest BCUT2D eigenvalue weighted by atomic mass is 35.5. The fraction of sp³-hybridized carbons (Fsp3) is 0. The maximum absolute atomic E-state index is 11.1. The van der Waals surface area contributed by atoms with Crippen LogP contribution in [-0.2, 0) is 4.79 Å². The molecule has 0 fully saturated rings. The number of nitrogens with one attached hydrogen (secondary N) is 1. The number of Topliss-reactive ketones (excluding diaryl/α,β-unsaturated/α-hetero) is 1. The SMILES string of the molecule is Cl.N#Cc1ccc2c(c1)C(=O)C(=O)N2. The van der Waals surface area contributed by atoms with Crippen LogP contribution >= 0.6 is 12.4 Å². The second kappa shape index (κ2) is 3.48. The molecule has 1 aromatic carbocycles. The van der Waals surface area contributed by atoms with Crippen LogP contribution in [0.3, 0.4) is 0 Å². The summed E-state index contributed by atoms with van der Waals surface area (Å²) in [7, 11) is 0. The van der Waals surface area contributed by atoms with E-state index in [1.54, 1.807) is 12.1 Å². The van der Waals surface area contributed by atoms with E-state index in [1.165, 1.54) is 6.07 Å². The summed E-state index contributed by atoms with van der Waals surface area (Å²) >= 11 is 0. The van der Waals surface area contributed by atoms with Crippen LogP contribution in [0.25, 0.3) is 0 Å². The highest BCUT2D eigenvalue weighted by Crippen LogP contribution is 2.23. The van der Waals surface area contributed by atoms with Crippen LogP contribution < -0.4 is 5.32 Å². The van der Waals surface area contributed by atoms with E-state index in [-0.39, 0.29) is 18.0 Å². The average Bonchev–Trinajstić information content (AvgIpc) is 2.43. The van der Waals surface area contributed by atoms with E-state index in [2.05, 4.69) is 5.32 Å². The largest absolute Gasteiger partial charge is 0.318 e. The van der Waals surface area contributed by atoms with Crippen LogP contribution in [-0.4, -0.2) is 11.7 Å². The molecule has 1 N–H and O–H groups in total. The van der Waals surface area contributed by atoms with Gasteiger partial charge in [0.15, 0.2) is 0 Å². The molecule has 0 aromatic heterocycles. The Hall–Kier alpha value is -1.86. The van der Waals surface area contributed by atoms with Crippen molar-refractivity contribution < 1.29 is 9.59 Å². The third-order valence-electron chi connectivity index (χ3n) is 1.85. The highest BCUT2D eigenvalue weighted by Gasteiger charge is 2.27. The van der Waals surface area contributed by atoms with Gasteiger partial charge in [-0.3, -0.25) is 9.59 Å². The van der Waals surface area contributed by atoms with Crippen molar-refractivity contribution in [1.29, 1.82) is 5.26 Å². The van der Waals surface area contributed by atoms with Gasteiger partial charge in [0.2, 0.25) is 0 Å². The third-order valence-corrected chi connectivity index (χ3v) is 1.85. The zero-order chi connectivity index (χ0) is 9.42. The normalized spacial score (nSPS) is 12.5. The molecule has 1 aliphatic rings. The van der Waals surface area contributed by atoms with Crippen molar-refractivity contribution in [3.63, 3.8) is 0 Å². The summed E-state index contributed by atoms with van der Waals surface area (Å²) in [6, 6.07) is 6.42. The van der Waals surface area contributed by atoms with Gasteiger partial charge in [0, 0.05) is 0 Å². The number of nitriles is 1. The minimum absolute atomic E-state index is 0. The molecule has 0 saturated heterocycles. The Labute approximate surface area is 85.9 Å². The number of ketones is 1. The molecule has 14 heavy (non-hydrogen) atoms. The Kier molecular flexibility index (Phi) is 2.54. The highest BCUT2D eigenvalue weighted by molar-refractivity contribution is 6.51. The number of hydrogen-bond donors (Lipinski definition) is 1. The second-order valence-corrected chi connectivity index (χ2v) is 2.66. The van der Waals surface area contributed by atoms with E-state index in [0.717, 1.165) is 0 Å². The van der Waals surface area contributed by atoms with Gasteiger partial charge in [-0.2, -0.15) is 5.26 Å². The average molecular weight is 209 g/mol. The molecule has 5 heteroatoms. The van der Waals surface area contributed by atoms with E-state index < -0.39 is 11.7 Å². The fourth-order valence-electron chi connectivity index (χ4n) is 1.21. The zero-order valence-electron chi connectivity index (χ0n) is 6.90. The molecule has 70 valence electrons. The Morgan fingerprint density at radius 2 is 2.00 bits per heavy atom. The van der Waals surface area contributed by atoms with Crippen molar-refractivity contribution in [3.05, 3.63) is 29.3 Å².